The molecule has 0 amide bonds. The van der Waals surface area contributed by atoms with Gasteiger partial charge in [0.1, 0.15) is 0 Å². The van der Waals surface area contributed by atoms with E-state index in [0.717, 1.165) is 45.1 Å². The van der Waals surface area contributed by atoms with E-state index >= 15 is 0 Å². The normalized spacial score (nSPS) is 15.8. The van der Waals surface area contributed by atoms with Gasteiger partial charge in [0, 0.05) is 31.7 Å². The van der Waals surface area contributed by atoms with E-state index < -0.39 is 0 Å². The van der Waals surface area contributed by atoms with Crippen molar-refractivity contribution in [3.63, 3.8) is 0 Å². The maximum Gasteiger partial charge on any atom is 0.191 e. The summed E-state index contributed by atoms with van der Waals surface area (Å²) in [6.07, 6.45) is 2.34. The zero-order valence-electron chi connectivity index (χ0n) is 15.2. The van der Waals surface area contributed by atoms with Crippen LogP contribution in [0.4, 0.5) is 0 Å². The van der Waals surface area contributed by atoms with Gasteiger partial charge in [-0.1, -0.05) is 30.3 Å². The molecule has 1 fully saturated rings. The van der Waals surface area contributed by atoms with Crippen LogP contribution in [0.3, 0.4) is 0 Å². The van der Waals surface area contributed by atoms with E-state index in [1.165, 1.54) is 16.0 Å². The summed E-state index contributed by atoms with van der Waals surface area (Å²) in [7, 11) is 1.79. The lowest BCUT2D eigenvalue weighted by atomic mass is 10.1. The maximum absolute atomic E-state index is 5.97. The zero-order valence-corrected chi connectivity index (χ0v) is 16.1. The molecule has 0 unspecified atom stereocenters. The van der Waals surface area contributed by atoms with Gasteiger partial charge in [-0.2, -0.15) is 0 Å². The molecule has 0 bridgehead atoms. The summed E-state index contributed by atoms with van der Waals surface area (Å²) in [5.74, 6) is 0.810. The minimum absolute atomic E-state index is 0.336. The standard InChI is InChI=1S/C20H27N3O2S/c1-21-20(23-14-19-3-2-12-26-19)22-13-16-4-6-17(7-5-16)15-25-18-8-10-24-11-9-18/h2-7,12,18H,8-11,13-15H2,1H3,(H2,21,22,23). The molecule has 140 valence electrons. The number of aliphatic imine (C=N–C) groups is 1. The first-order chi connectivity index (χ1) is 12.8. The Balaban J connectivity index is 1.40. The molecular weight excluding hydrogens is 346 g/mol. The Morgan fingerprint density at radius 1 is 1.12 bits per heavy atom. The smallest absolute Gasteiger partial charge is 0.191 e. The minimum atomic E-state index is 0.336. The monoisotopic (exact) mass is 373 g/mol. The second-order valence-electron chi connectivity index (χ2n) is 6.30. The Kier molecular flexibility index (Phi) is 7.49. The molecule has 2 heterocycles. The Bertz CT molecular complexity index is 665. The van der Waals surface area contributed by atoms with Gasteiger partial charge in [-0.15, -0.1) is 11.3 Å². The van der Waals surface area contributed by atoms with Gasteiger partial charge in [0.05, 0.1) is 19.3 Å². The first-order valence-corrected chi connectivity index (χ1v) is 9.95. The first kappa shape index (κ1) is 18.9. The molecule has 1 saturated heterocycles. The highest BCUT2D eigenvalue weighted by atomic mass is 32.1. The number of hydrogen-bond acceptors (Lipinski definition) is 4. The Labute approximate surface area is 159 Å². The third-order valence-corrected chi connectivity index (χ3v) is 5.25. The Morgan fingerprint density at radius 2 is 1.85 bits per heavy atom. The molecule has 6 heteroatoms. The van der Waals surface area contributed by atoms with Crippen LogP contribution in [-0.2, 0) is 29.2 Å². The van der Waals surface area contributed by atoms with E-state index in [0.29, 0.717) is 12.7 Å². The third kappa shape index (κ3) is 6.12. The molecule has 5 nitrogen and oxygen atoms in total. The molecule has 0 spiro atoms. The van der Waals surface area contributed by atoms with Gasteiger partial charge >= 0.3 is 0 Å². The maximum atomic E-state index is 5.97. The predicted octanol–water partition coefficient (Wildman–Crippen LogP) is 3.31. The largest absolute Gasteiger partial charge is 0.381 e. The van der Waals surface area contributed by atoms with Crippen LogP contribution in [0.2, 0.25) is 0 Å². The summed E-state index contributed by atoms with van der Waals surface area (Å²) in [4.78, 5) is 5.56. The van der Waals surface area contributed by atoms with Crippen LogP contribution in [0.1, 0.15) is 28.8 Å². The first-order valence-electron chi connectivity index (χ1n) is 9.07. The number of nitrogens with one attached hydrogen (secondary N) is 2. The summed E-state index contributed by atoms with van der Waals surface area (Å²) in [6.45, 7) is 3.83. The fraction of sp³-hybridized carbons (Fsp3) is 0.450. The molecule has 1 aliphatic rings. The molecule has 26 heavy (non-hydrogen) atoms. The molecular formula is C20H27N3O2S. The fourth-order valence-electron chi connectivity index (χ4n) is 2.80. The Morgan fingerprint density at radius 3 is 2.54 bits per heavy atom. The van der Waals surface area contributed by atoms with Crippen molar-refractivity contribution in [3.05, 3.63) is 57.8 Å². The van der Waals surface area contributed by atoms with E-state index in [2.05, 4.69) is 57.4 Å². The lowest BCUT2D eigenvalue weighted by Crippen LogP contribution is -2.36. The minimum Gasteiger partial charge on any atom is -0.381 e. The fourth-order valence-corrected chi connectivity index (χ4v) is 3.45. The van der Waals surface area contributed by atoms with E-state index in [4.69, 9.17) is 9.47 Å². The highest BCUT2D eigenvalue weighted by molar-refractivity contribution is 7.09. The second-order valence-corrected chi connectivity index (χ2v) is 7.33. The van der Waals surface area contributed by atoms with Crippen molar-refractivity contribution in [1.29, 1.82) is 0 Å². The molecule has 1 aromatic heterocycles. The van der Waals surface area contributed by atoms with Gasteiger partial charge in [0.15, 0.2) is 5.96 Å². The van der Waals surface area contributed by atoms with Crippen LogP contribution in [-0.4, -0.2) is 32.3 Å². The zero-order chi connectivity index (χ0) is 18.0. The van der Waals surface area contributed by atoms with Crippen molar-refractivity contribution < 1.29 is 9.47 Å². The summed E-state index contributed by atoms with van der Waals surface area (Å²) >= 11 is 1.74. The number of rotatable bonds is 7. The number of nitrogens with zero attached hydrogens (tertiary/aromatic N) is 1. The highest BCUT2D eigenvalue weighted by Gasteiger charge is 2.13. The molecule has 0 saturated carbocycles. The van der Waals surface area contributed by atoms with Gasteiger partial charge in [0.25, 0.3) is 0 Å². The summed E-state index contributed by atoms with van der Waals surface area (Å²) in [5.41, 5.74) is 2.43. The number of guanidine groups is 1. The average molecular weight is 374 g/mol. The molecule has 1 aromatic carbocycles. The molecule has 0 atom stereocenters. The summed E-state index contributed by atoms with van der Waals surface area (Å²) in [5, 5.41) is 8.76. The molecule has 0 aliphatic carbocycles. The van der Waals surface area contributed by atoms with E-state index in [-0.39, 0.29) is 0 Å². The topological polar surface area (TPSA) is 54.9 Å². The van der Waals surface area contributed by atoms with Gasteiger partial charge in [0.2, 0.25) is 0 Å². The van der Waals surface area contributed by atoms with Gasteiger partial charge < -0.3 is 20.1 Å². The van der Waals surface area contributed by atoms with Crippen molar-refractivity contribution >= 4 is 17.3 Å². The lowest BCUT2D eigenvalue weighted by molar-refractivity contribution is -0.0390. The predicted molar refractivity (Wildman–Crippen MR) is 106 cm³/mol. The lowest BCUT2D eigenvalue weighted by Gasteiger charge is -2.22. The van der Waals surface area contributed by atoms with Crippen LogP contribution in [0, 0.1) is 0 Å². The molecule has 2 aromatic rings. The Hall–Kier alpha value is -1.89. The van der Waals surface area contributed by atoms with Crippen molar-refractivity contribution in [2.24, 2.45) is 4.99 Å². The van der Waals surface area contributed by atoms with Crippen molar-refractivity contribution in [1.82, 2.24) is 10.6 Å². The van der Waals surface area contributed by atoms with Crippen LogP contribution >= 0.6 is 11.3 Å². The van der Waals surface area contributed by atoms with Gasteiger partial charge in [-0.3, -0.25) is 4.99 Å². The van der Waals surface area contributed by atoms with Crippen LogP contribution in [0.25, 0.3) is 0 Å². The number of ether oxygens (including phenoxy) is 2. The molecule has 1 aliphatic heterocycles. The molecule has 0 radical (unpaired) electrons. The molecule has 3 rings (SSSR count). The summed E-state index contributed by atoms with van der Waals surface area (Å²) in [6, 6.07) is 12.7. The number of thiophene rings is 1. The SMILES string of the molecule is CN=C(NCc1ccc(COC2CCOCC2)cc1)NCc1cccs1. The van der Waals surface area contributed by atoms with Crippen molar-refractivity contribution in [3.8, 4) is 0 Å². The van der Waals surface area contributed by atoms with Crippen molar-refractivity contribution in [2.75, 3.05) is 20.3 Å². The van der Waals surface area contributed by atoms with Crippen LogP contribution in [0.5, 0.6) is 0 Å². The number of benzene rings is 1. The average Bonchev–Trinajstić information content (AvgIpc) is 3.22. The molecule has 2 N–H and O–H groups in total. The van der Waals surface area contributed by atoms with E-state index in [1.807, 2.05) is 0 Å². The van der Waals surface area contributed by atoms with E-state index in [1.54, 1.807) is 18.4 Å². The second kappa shape index (κ2) is 10.3. The van der Waals surface area contributed by atoms with Crippen LogP contribution < -0.4 is 10.6 Å². The summed E-state index contributed by atoms with van der Waals surface area (Å²) < 4.78 is 11.3. The van der Waals surface area contributed by atoms with Crippen molar-refractivity contribution in [2.45, 2.75) is 38.6 Å². The van der Waals surface area contributed by atoms with E-state index in [9.17, 15) is 0 Å². The quantitative estimate of drug-likeness (QED) is 0.578. The highest BCUT2D eigenvalue weighted by Crippen LogP contribution is 2.14. The van der Waals surface area contributed by atoms with Crippen LogP contribution in [0.15, 0.2) is 46.8 Å². The van der Waals surface area contributed by atoms with Gasteiger partial charge in [-0.05, 0) is 35.4 Å². The third-order valence-electron chi connectivity index (χ3n) is 4.37. The van der Waals surface area contributed by atoms with Gasteiger partial charge in [-0.25, -0.2) is 0 Å². The number of hydrogen-bond donors (Lipinski definition) is 2.